The Kier molecular flexibility index (Phi) is 4.84. The molecule has 0 radical (unpaired) electrons. The van der Waals surface area contributed by atoms with Crippen LogP contribution in [-0.2, 0) is 6.54 Å². The van der Waals surface area contributed by atoms with E-state index in [1.54, 1.807) is 37.2 Å². The largest absolute Gasteiger partial charge is 0.355 e. The molecule has 2 aromatic carbocycles. The molecule has 1 heterocycles. The van der Waals surface area contributed by atoms with Gasteiger partial charge in [-0.3, -0.25) is 14.4 Å². The van der Waals surface area contributed by atoms with Gasteiger partial charge in [-0.2, -0.15) is 0 Å². The van der Waals surface area contributed by atoms with Gasteiger partial charge in [0.15, 0.2) is 0 Å². The van der Waals surface area contributed by atoms with E-state index in [0.29, 0.717) is 28.6 Å². The highest BCUT2D eigenvalue weighted by Crippen LogP contribution is 2.17. The van der Waals surface area contributed by atoms with Crippen LogP contribution in [0.15, 0.2) is 59.4 Å². The second-order valence-electron chi connectivity index (χ2n) is 6.03. The molecule has 0 atom stereocenters. The predicted molar refractivity (Wildman–Crippen MR) is 100 cm³/mol. The zero-order chi connectivity index (χ0) is 18.7. The normalized spacial score (nSPS) is 10.5. The summed E-state index contributed by atoms with van der Waals surface area (Å²) in [5.41, 5.74) is 2.14. The van der Waals surface area contributed by atoms with E-state index < -0.39 is 0 Å². The average molecular weight is 349 g/mol. The summed E-state index contributed by atoms with van der Waals surface area (Å²) in [6, 6.07) is 15.6. The highest BCUT2D eigenvalue weighted by atomic mass is 16.2. The van der Waals surface area contributed by atoms with Gasteiger partial charge in [-0.25, -0.2) is 0 Å². The van der Waals surface area contributed by atoms with Gasteiger partial charge in [-0.1, -0.05) is 30.3 Å². The van der Waals surface area contributed by atoms with Crippen molar-refractivity contribution >= 4 is 22.7 Å². The molecule has 3 aromatic rings. The van der Waals surface area contributed by atoms with Gasteiger partial charge < -0.3 is 15.2 Å². The fourth-order valence-electron chi connectivity index (χ4n) is 2.84. The van der Waals surface area contributed by atoms with E-state index in [1.165, 1.54) is 6.07 Å². The van der Waals surface area contributed by atoms with Crippen LogP contribution in [-0.4, -0.2) is 35.8 Å². The number of hydrogen-bond acceptors (Lipinski definition) is 3. The maximum absolute atomic E-state index is 12.8. The number of nitrogens with zero attached hydrogens (tertiary/aromatic N) is 1. The Morgan fingerprint density at radius 3 is 2.46 bits per heavy atom. The van der Waals surface area contributed by atoms with Crippen molar-refractivity contribution in [3.05, 3.63) is 81.6 Å². The van der Waals surface area contributed by atoms with E-state index in [1.807, 2.05) is 30.3 Å². The summed E-state index contributed by atoms with van der Waals surface area (Å²) in [6.45, 7) is 0.369. The van der Waals surface area contributed by atoms with Crippen molar-refractivity contribution in [2.24, 2.45) is 0 Å². The van der Waals surface area contributed by atoms with Gasteiger partial charge >= 0.3 is 0 Å². The third kappa shape index (κ3) is 3.49. The Labute approximate surface area is 150 Å². The van der Waals surface area contributed by atoms with Crippen molar-refractivity contribution in [1.29, 1.82) is 0 Å². The Balaban J connectivity index is 1.84. The van der Waals surface area contributed by atoms with Gasteiger partial charge in [-0.05, 0) is 23.8 Å². The number of fused-ring (bicyclic) bond motifs is 1. The monoisotopic (exact) mass is 349 g/mol. The molecule has 132 valence electrons. The van der Waals surface area contributed by atoms with E-state index in [4.69, 9.17) is 0 Å². The summed E-state index contributed by atoms with van der Waals surface area (Å²) in [4.78, 5) is 40.6. The summed E-state index contributed by atoms with van der Waals surface area (Å²) in [7, 11) is 3.26. The van der Waals surface area contributed by atoms with E-state index in [2.05, 4.69) is 10.3 Å². The summed E-state index contributed by atoms with van der Waals surface area (Å²) in [6.07, 6.45) is 0. The Bertz CT molecular complexity index is 1020. The van der Waals surface area contributed by atoms with E-state index in [-0.39, 0.29) is 17.4 Å². The Hall–Kier alpha value is -3.41. The molecule has 0 unspecified atom stereocenters. The van der Waals surface area contributed by atoms with Gasteiger partial charge in [0.2, 0.25) is 5.56 Å². The van der Waals surface area contributed by atoms with E-state index >= 15 is 0 Å². The van der Waals surface area contributed by atoms with Gasteiger partial charge in [0, 0.05) is 43.2 Å². The topological polar surface area (TPSA) is 82.3 Å². The van der Waals surface area contributed by atoms with Crippen LogP contribution < -0.4 is 10.9 Å². The van der Waals surface area contributed by atoms with Crippen LogP contribution in [0.3, 0.4) is 0 Å². The van der Waals surface area contributed by atoms with Crippen LogP contribution in [0.4, 0.5) is 0 Å². The van der Waals surface area contributed by atoms with Crippen LogP contribution in [0.2, 0.25) is 0 Å². The molecular formula is C20H19N3O3. The highest BCUT2D eigenvalue weighted by Gasteiger charge is 2.16. The number of hydrogen-bond donors (Lipinski definition) is 2. The van der Waals surface area contributed by atoms with Crippen molar-refractivity contribution in [3.63, 3.8) is 0 Å². The van der Waals surface area contributed by atoms with Crippen molar-refractivity contribution in [2.45, 2.75) is 6.54 Å². The molecule has 0 spiro atoms. The molecule has 0 aliphatic carbocycles. The molecule has 0 bridgehead atoms. The fourth-order valence-corrected chi connectivity index (χ4v) is 2.84. The third-order valence-electron chi connectivity index (χ3n) is 4.19. The first-order chi connectivity index (χ1) is 12.5. The smallest absolute Gasteiger partial charge is 0.254 e. The van der Waals surface area contributed by atoms with Gasteiger partial charge in [0.05, 0.1) is 5.56 Å². The minimum absolute atomic E-state index is 0.157. The molecule has 6 heteroatoms. The molecule has 0 fully saturated rings. The summed E-state index contributed by atoms with van der Waals surface area (Å²) in [5.74, 6) is -0.390. The maximum Gasteiger partial charge on any atom is 0.254 e. The molecular weight excluding hydrogens is 330 g/mol. The van der Waals surface area contributed by atoms with E-state index in [0.717, 1.165) is 5.56 Å². The van der Waals surface area contributed by atoms with Gasteiger partial charge in [0.1, 0.15) is 0 Å². The molecule has 0 aliphatic rings. The molecule has 2 amide bonds. The number of benzene rings is 2. The number of aromatic nitrogens is 1. The number of rotatable bonds is 4. The molecule has 3 rings (SSSR count). The number of H-pyrrole nitrogens is 1. The van der Waals surface area contributed by atoms with Crippen LogP contribution in [0, 0.1) is 0 Å². The Morgan fingerprint density at radius 1 is 1.08 bits per heavy atom. The summed E-state index contributed by atoms with van der Waals surface area (Å²) >= 11 is 0. The molecule has 0 saturated heterocycles. The summed E-state index contributed by atoms with van der Waals surface area (Å²) < 4.78 is 0. The zero-order valence-electron chi connectivity index (χ0n) is 14.6. The number of carbonyl (C=O) groups is 2. The van der Waals surface area contributed by atoms with Crippen molar-refractivity contribution < 1.29 is 9.59 Å². The van der Waals surface area contributed by atoms with E-state index in [9.17, 15) is 14.4 Å². The summed E-state index contributed by atoms with van der Waals surface area (Å²) in [5, 5.41) is 3.27. The lowest BCUT2D eigenvalue weighted by Crippen LogP contribution is -2.27. The fraction of sp³-hybridized carbons (Fsp3) is 0.150. The van der Waals surface area contributed by atoms with Crippen LogP contribution in [0.25, 0.3) is 10.9 Å². The number of carbonyl (C=O) groups excluding carboxylic acids is 2. The van der Waals surface area contributed by atoms with Crippen molar-refractivity contribution in [1.82, 2.24) is 15.2 Å². The number of pyridine rings is 1. The number of para-hydroxylation sites is 1. The molecule has 0 saturated carbocycles. The quantitative estimate of drug-likeness (QED) is 0.757. The molecule has 1 aromatic heterocycles. The number of aromatic amines is 1. The first-order valence-electron chi connectivity index (χ1n) is 8.18. The second-order valence-corrected chi connectivity index (χ2v) is 6.03. The standard InChI is InChI=1S/C20H19N3O3/c1-21-19(25)14-9-7-13(8-10-14)12-23(2)20(26)16-11-18(24)22-17-6-4-3-5-15(16)17/h3-11H,12H2,1-2H3,(H,21,25)(H,22,24). The predicted octanol–water partition coefficient (Wildman–Crippen LogP) is 2.16. The third-order valence-corrected chi connectivity index (χ3v) is 4.19. The lowest BCUT2D eigenvalue weighted by molar-refractivity contribution is 0.0786. The highest BCUT2D eigenvalue weighted by molar-refractivity contribution is 6.05. The lowest BCUT2D eigenvalue weighted by Gasteiger charge is -2.18. The average Bonchev–Trinajstić information content (AvgIpc) is 2.66. The maximum atomic E-state index is 12.8. The lowest BCUT2D eigenvalue weighted by atomic mass is 10.1. The van der Waals surface area contributed by atoms with Crippen molar-refractivity contribution in [3.8, 4) is 0 Å². The molecule has 6 nitrogen and oxygen atoms in total. The molecule has 26 heavy (non-hydrogen) atoms. The van der Waals surface area contributed by atoms with Crippen LogP contribution in [0.5, 0.6) is 0 Å². The number of amides is 2. The molecule has 0 aliphatic heterocycles. The van der Waals surface area contributed by atoms with Crippen LogP contribution >= 0.6 is 0 Å². The zero-order valence-corrected chi connectivity index (χ0v) is 14.6. The number of nitrogens with one attached hydrogen (secondary N) is 2. The van der Waals surface area contributed by atoms with Gasteiger partial charge in [-0.15, -0.1) is 0 Å². The second kappa shape index (κ2) is 7.23. The Morgan fingerprint density at radius 2 is 1.77 bits per heavy atom. The van der Waals surface area contributed by atoms with Gasteiger partial charge in [0.25, 0.3) is 11.8 Å². The van der Waals surface area contributed by atoms with Crippen LogP contribution in [0.1, 0.15) is 26.3 Å². The first-order valence-corrected chi connectivity index (χ1v) is 8.18. The molecule has 2 N–H and O–H groups in total. The first kappa shape index (κ1) is 17.4. The SMILES string of the molecule is CNC(=O)c1ccc(CN(C)C(=O)c2cc(=O)[nH]c3ccccc23)cc1. The van der Waals surface area contributed by atoms with Crippen molar-refractivity contribution in [2.75, 3.05) is 14.1 Å². The minimum Gasteiger partial charge on any atom is -0.355 e. The minimum atomic E-state index is -0.310.